The highest BCUT2D eigenvalue weighted by Crippen LogP contribution is 2.32. The largest absolute Gasteiger partial charge is 0.514 e. The van der Waals surface area contributed by atoms with Gasteiger partial charge in [-0.05, 0) is 60.1 Å². The van der Waals surface area contributed by atoms with Crippen molar-refractivity contribution in [2.45, 2.75) is 72.1 Å². The van der Waals surface area contributed by atoms with Gasteiger partial charge in [0, 0.05) is 12.5 Å². The number of carbonyl (C=O) groups is 4. The second-order valence-electron chi connectivity index (χ2n) is 8.82. The summed E-state index contributed by atoms with van der Waals surface area (Å²) in [5.41, 5.74) is -1.91. The van der Waals surface area contributed by atoms with Crippen LogP contribution in [0.1, 0.15) is 54.0 Å². The van der Waals surface area contributed by atoms with Crippen LogP contribution in [0.2, 0.25) is 0 Å². The highest BCUT2D eigenvalue weighted by atomic mass is 18.2. The van der Waals surface area contributed by atoms with E-state index in [9.17, 15) is 23.6 Å². The molecule has 33 heavy (non-hydrogen) atoms. The number of amides is 1. The van der Waals surface area contributed by atoms with Crippen LogP contribution in [0.4, 0.5) is 14.0 Å². The number of ether oxygens (including phenoxy) is 5. The first-order valence-electron chi connectivity index (χ1n) is 10.2. The summed E-state index contributed by atoms with van der Waals surface area (Å²) in [5, 5.41) is 2.25. The Bertz CT molecular complexity index is 872. The number of rotatable bonds is 8. The average Bonchev–Trinajstić information content (AvgIpc) is 2.61. The maximum absolute atomic E-state index is 14.8. The molecule has 1 rings (SSSR count). The lowest BCUT2D eigenvalue weighted by Crippen LogP contribution is -2.39. The number of benzene rings is 1. The van der Waals surface area contributed by atoms with Crippen molar-refractivity contribution in [2.75, 3.05) is 6.61 Å². The molecule has 1 aromatic carbocycles. The van der Waals surface area contributed by atoms with Crippen LogP contribution in [0.5, 0.6) is 11.5 Å². The molecule has 0 heterocycles. The average molecular weight is 470 g/mol. The van der Waals surface area contributed by atoms with Gasteiger partial charge in [0.05, 0.1) is 6.61 Å². The number of halogens is 1. The topological polar surface area (TPSA) is 126 Å². The molecule has 1 atom stereocenters. The number of carbonyl (C=O) groups excluding carboxylic acids is 4. The van der Waals surface area contributed by atoms with E-state index in [1.807, 2.05) is 0 Å². The van der Waals surface area contributed by atoms with E-state index in [0.29, 0.717) is 0 Å². The first-order chi connectivity index (χ1) is 15.1. The van der Waals surface area contributed by atoms with Crippen molar-refractivity contribution in [3.8, 4) is 11.5 Å². The van der Waals surface area contributed by atoms with E-state index in [1.165, 1.54) is 0 Å². The SMILES string of the molecule is CCOC(=O)C(Cc1cc(OC(=O)OC(C)(C)C)c(OC(=O)OC(C)(C)C)cc1[18F])NC=O. The van der Waals surface area contributed by atoms with Crippen molar-refractivity contribution in [1.82, 2.24) is 5.32 Å². The summed E-state index contributed by atoms with van der Waals surface area (Å²) in [6.07, 6.45) is -2.35. The van der Waals surface area contributed by atoms with Crippen molar-refractivity contribution in [1.29, 1.82) is 0 Å². The summed E-state index contributed by atoms with van der Waals surface area (Å²) >= 11 is 0. The summed E-state index contributed by atoms with van der Waals surface area (Å²) in [4.78, 5) is 47.2. The third kappa shape index (κ3) is 10.2. The van der Waals surface area contributed by atoms with Crippen LogP contribution in [0.3, 0.4) is 0 Å². The Morgan fingerprint density at radius 1 is 0.970 bits per heavy atom. The van der Waals surface area contributed by atoms with Gasteiger partial charge in [-0.2, -0.15) is 0 Å². The molecule has 0 fully saturated rings. The maximum Gasteiger partial charge on any atom is 0.514 e. The predicted molar refractivity (Wildman–Crippen MR) is 113 cm³/mol. The lowest BCUT2D eigenvalue weighted by Gasteiger charge is -2.21. The number of esters is 1. The summed E-state index contributed by atoms with van der Waals surface area (Å²) < 4.78 is 40.0. The molecule has 0 bridgehead atoms. The van der Waals surface area contributed by atoms with Crippen LogP contribution in [-0.4, -0.2) is 48.5 Å². The Morgan fingerprint density at radius 2 is 1.45 bits per heavy atom. The molecule has 0 saturated heterocycles. The van der Waals surface area contributed by atoms with Crippen LogP contribution < -0.4 is 14.8 Å². The Balaban J connectivity index is 3.32. The smallest absolute Gasteiger partial charge is 0.464 e. The Kier molecular flexibility index (Phi) is 9.63. The van der Waals surface area contributed by atoms with Crippen LogP contribution in [0.15, 0.2) is 12.1 Å². The van der Waals surface area contributed by atoms with Crippen LogP contribution in [0, 0.1) is 5.82 Å². The molecule has 184 valence electrons. The van der Waals surface area contributed by atoms with E-state index in [1.54, 1.807) is 48.5 Å². The molecular weight excluding hydrogens is 440 g/mol. The normalized spacial score (nSPS) is 12.2. The van der Waals surface area contributed by atoms with Gasteiger partial charge < -0.3 is 29.0 Å². The van der Waals surface area contributed by atoms with Crippen LogP contribution in [-0.2, 0) is 30.2 Å². The molecule has 0 aliphatic carbocycles. The molecule has 0 aliphatic rings. The summed E-state index contributed by atoms with van der Waals surface area (Å²) in [5.74, 6) is -2.49. The van der Waals surface area contributed by atoms with E-state index >= 15 is 0 Å². The first-order valence-corrected chi connectivity index (χ1v) is 10.2. The zero-order valence-corrected chi connectivity index (χ0v) is 19.8. The lowest BCUT2D eigenvalue weighted by molar-refractivity contribution is -0.146. The highest BCUT2D eigenvalue weighted by molar-refractivity contribution is 5.78. The monoisotopic (exact) mass is 470 g/mol. The zero-order valence-electron chi connectivity index (χ0n) is 19.8. The Morgan fingerprint density at radius 3 is 1.88 bits per heavy atom. The summed E-state index contributed by atoms with van der Waals surface area (Å²) in [6, 6.07) is 0.642. The Hall–Kier alpha value is -3.37. The van der Waals surface area contributed by atoms with Crippen molar-refractivity contribution in [3.63, 3.8) is 0 Å². The van der Waals surface area contributed by atoms with E-state index in [2.05, 4.69) is 5.32 Å². The zero-order chi connectivity index (χ0) is 25.4. The van der Waals surface area contributed by atoms with Crippen LogP contribution >= 0.6 is 0 Å². The van der Waals surface area contributed by atoms with E-state index in [4.69, 9.17) is 23.7 Å². The molecular formula is C22H30FNO9. The van der Waals surface area contributed by atoms with Gasteiger partial charge in [0.1, 0.15) is 23.1 Å². The molecule has 11 heteroatoms. The molecule has 1 aromatic rings. The van der Waals surface area contributed by atoms with Crippen molar-refractivity contribution >= 4 is 24.7 Å². The van der Waals surface area contributed by atoms with Gasteiger partial charge in [0.25, 0.3) is 0 Å². The second-order valence-corrected chi connectivity index (χ2v) is 8.82. The second kappa shape index (κ2) is 11.5. The van der Waals surface area contributed by atoms with Gasteiger partial charge in [-0.15, -0.1) is 0 Å². The minimum Gasteiger partial charge on any atom is -0.464 e. The summed E-state index contributed by atoms with van der Waals surface area (Å²) in [6.45, 7) is 11.3. The lowest BCUT2D eigenvalue weighted by atomic mass is 10.0. The van der Waals surface area contributed by atoms with Gasteiger partial charge >= 0.3 is 18.3 Å². The number of nitrogens with one attached hydrogen (secondary N) is 1. The minimum atomic E-state index is -1.20. The third-order valence-corrected chi connectivity index (χ3v) is 3.54. The maximum atomic E-state index is 14.8. The van der Waals surface area contributed by atoms with Crippen molar-refractivity contribution < 1.29 is 47.3 Å². The van der Waals surface area contributed by atoms with Gasteiger partial charge in [-0.25, -0.2) is 18.8 Å². The molecule has 0 spiro atoms. The van der Waals surface area contributed by atoms with E-state index < -0.39 is 47.1 Å². The van der Waals surface area contributed by atoms with Gasteiger partial charge in [0.15, 0.2) is 11.5 Å². The highest BCUT2D eigenvalue weighted by Gasteiger charge is 2.27. The van der Waals surface area contributed by atoms with E-state index in [0.717, 1.165) is 12.1 Å². The Labute approximate surface area is 191 Å². The van der Waals surface area contributed by atoms with Crippen LogP contribution in [0.25, 0.3) is 0 Å². The standard InChI is InChI=1S/C22H30FNO9/c1-8-29-18(26)15(24-12-25)9-13-10-16(30-19(27)32-21(2,3)4)17(11-14(13)23)31-20(28)33-22(5,6)7/h10-12,15H,8-9H2,1-7H3,(H,24,25)/i23-1. The van der Waals surface area contributed by atoms with Gasteiger partial charge in [-0.3, -0.25) is 4.79 Å². The van der Waals surface area contributed by atoms with Gasteiger partial charge in [-0.1, -0.05) is 0 Å². The predicted octanol–water partition coefficient (Wildman–Crippen LogP) is 3.67. The molecule has 1 amide bonds. The fourth-order valence-corrected chi connectivity index (χ4v) is 2.37. The minimum absolute atomic E-state index is 0.0496. The molecule has 0 aromatic heterocycles. The van der Waals surface area contributed by atoms with E-state index in [-0.39, 0.29) is 30.8 Å². The molecule has 1 N–H and O–H groups in total. The first kappa shape index (κ1) is 27.7. The van der Waals surface area contributed by atoms with Crippen molar-refractivity contribution in [2.24, 2.45) is 0 Å². The molecule has 0 saturated carbocycles. The molecule has 0 radical (unpaired) electrons. The molecule has 1 unspecified atom stereocenters. The molecule has 0 aliphatic heterocycles. The third-order valence-electron chi connectivity index (χ3n) is 3.54. The number of hydrogen-bond acceptors (Lipinski definition) is 9. The van der Waals surface area contributed by atoms with Crippen molar-refractivity contribution in [3.05, 3.63) is 23.5 Å². The quantitative estimate of drug-likeness (QED) is 0.262. The number of hydrogen-bond donors (Lipinski definition) is 1. The van der Waals surface area contributed by atoms with Gasteiger partial charge in [0.2, 0.25) is 6.41 Å². The fourth-order valence-electron chi connectivity index (χ4n) is 2.37. The fraction of sp³-hybridized carbons (Fsp3) is 0.545. The summed E-state index contributed by atoms with van der Waals surface area (Å²) in [7, 11) is 0. The molecule has 10 nitrogen and oxygen atoms in total.